The molecule has 1 aromatic heterocycles. The molecule has 0 radical (unpaired) electrons. The standard InChI is InChI=1S/C56H38N2/c1-3-14-39(15-4-1)41-26-30-45(31-27-41)57(55-37-29-44(40-16-5-2-6-17-40)38-53(55)50-24-13-20-42-18-7-9-21-48(42)50)46-32-34-47(35-33-46)58-54-25-12-11-23-51(54)52-36-28-43-19-8-10-22-49(43)56(52)58/h1-38H. The largest absolute Gasteiger partial charge is 0.310 e. The second kappa shape index (κ2) is 14.1. The zero-order valence-electron chi connectivity index (χ0n) is 31.8. The number of hydrogen-bond donors (Lipinski definition) is 0. The maximum atomic E-state index is 2.44. The lowest BCUT2D eigenvalue weighted by molar-refractivity contribution is 1.18. The molecule has 11 aromatic rings. The summed E-state index contributed by atoms with van der Waals surface area (Å²) in [6, 6.07) is 83.7. The van der Waals surface area contributed by atoms with E-state index in [1.165, 1.54) is 76.7 Å². The van der Waals surface area contributed by atoms with E-state index in [1.807, 2.05) is 0 Å². The molecule has 0 spiro atoms. The summed E-state index contributed by atoms with van der Waals surface area (Å²) in [5.41, 5.74) is 14.0. The van der Waals surface area contributed by atoms with Crippen molar-refractivity contribution in [2.45, 2.75) is 0 Å². The molecule has 0 amide bonds. The maximum Gasteiger partial charge on any atom is 0.0619 e. The molecule has 0 saturated carbocycles. The summed E-state index contributed by atoms with van der Waals surface area (Å²) in [4.78, 5) is 2.42. The molecule has 0 aliphatic rings. The van der Waals surface area contributed by atoms with Gasteiger partial charge in [-0.25, -0.2) is 0 Å². The molecule has 0 N–H and O–H groups in total. The van der Waals surface area contributed by atoms with Gasteiger partial charge in [0.2, 0.25) is 0 Å². The molecule has 0 aliphatic heterocycles. The van der Waals surface area contributed by atoms with Crippen molar-refractivity contribution in [2.75, 3.05) is 4.90 Å². The average Bonchev–Trinajstić information content (AvgIpc) is 3.65. The van der Waals surface area contributed by atoms with Gasteiger partial charge in [-0.05, 0) is 98.6 Å². The fraction of sp³-hybridized carbons (Fsp3) is 0. The Morgan fingerprint density at radius 1 is 0.310 bits per heavy atom. The van der Waals surface area contributed by atoms with Crippen molar-refractivity contribution in [3.05, 3.63) is 231 Å². The van der Waals surface area contributed by atoms with Crippen LogP contribution >= 0.6 is 0 Å². The highest BCUT2D eigenvalue weighted by molar-refractivity contribution is 6.18. The zero-order valence-corrected chi connectivity index (χ0v) is 31.8. The number of para-hydroxylation sites is 1. The predicted molar refractivity (Wildman–Crippen MR) is 247 cm³/mol. The SMILES string of the molecule is c1ccc(-c2ccc(N(c3ccc(-n4c5ccccc5c5ccc6ccccc6c54)cc3)c3ccc(-c4ccccc4)cc3-c3cccc4ccccc34)cc2)cc1. The van der Waals surface area contributed by atoms with Crippen LogP contribution in [0.25, 0.3) is 82.4 Å². The zero-order chi connectivity index (χ0) is 38.4. The maximum absolute atomic E-state index is 2.44. The summed E-state index contributed by atoms with van der Waals surface area (Å²) in [6.07, 6.45) is 0. The molecule has 272 valence electrons. The molecule has 0 saturated heterocycles. The Labute approximate surface area is 338 Å². The van der Waals surface area contributed by atoms with Gasteiger partial charge in [-0.3, -0.25) is 0 Å². The van der Waals surface area contributed by atoms with Crippen molar-refractivity contribution < 1.29 is 0 Å². The normalized spacial score (nSPS) is 11.4. The number of hydrogen-bond acceptors (Lipinski definition) is 1. The summed E-state index contributed by atoms with van der Waals surface area (Å²) < 4.78 is 2.44. The first-order valence-corrected chi connectivity index (χ1v) is 19.9. The number of rotatable bonds is 7. The Hall–Kier alpha value is -7.68. The molecular formula is C56H38N2. The fourth-order valence-electron chi connectivity index (χ4n) is 8.83. The van der Waals surface area contributed by atoms with Gasteiger partial charge in [0.05, 0.1) is 16.7 Å². The van der Waals surface area contributed by atoms with E-state index in [1.54, 1.807) is 0 Å². The van der Waals surface area contributed by atoms with Crippen LogP contribution in [0.5, 0.6) is 0 Å². The Bertz CT molecular complexity index is 3250. The molecule has 2 heteroatoms. The quantitative estimate of drug-likeness (QED) is 0.158. The predicted octanol–water partition coefficient (Wildman–Crippen LogP) is 15.6. The fourth-order valence-corrected chi connectivity index (χ4v) is 8.83. The summed E-state index contributed by atoms with van der Waals surface area (Å²) in [5.74, 6) is 0. The lowest BCUT2D eigenvalue weighted by Gasteiger charge is -2.29. The van der Waals surface area contributed by atoms with Gasteiger partial charge in [0.15, 0.2) is 0 Å². The van der Waals surface area contributed by atoms with E-state index in [4.69, 9.17) is 0 Å². The highest BCUT2D eigenvalue weighted by Gasteiger charge is 2.21. The minimum atomic E-state index is 1.08. The van der Waals surface area contributed by atoms with E-state index in [0.29, 0.717) is 0 Å². The summed E-state index contributed by atoms with van der Waals surface area (Å²) in [6.45, 7) is 0. The number of aromatic nitrogens is 1. The second-order valence-electron chi connectivity index (χ2n) is 14.9. The molecular weight excluding hydrogens is 701 g/mol. The van der Waals surface area contributed by atoms with Crippen molar-refractivity contribution in [2.24, 2.45) is 0 Å². The van der Waals surface area contributed by atoms with Gasteiger partial charge in [-0.1, -0.05) is 176 Å². The molecule has 0 unspecified atom stereocenters. The smallest absolute Gasteiger partial charge is 0.0619 e. The van der Waals surface area contributed by atoms with Gasteiger partial charge in [-0.2, -0.15) is 0 Å². The molecule has 11 rings (SSSR count). The van der Waals surface area contributed by atoms with Crippen molar-refractivity contribution >= 4 is 60.4 Å². The Kier molecular flexibility index (Phi) is 8.19. The molecule has 0 fully saturated rings. The van der Waals surface area contributed by atoms with Crippen LogP contribution < -0.4 is 4.90 Å². The van der Waals surface area contributed by atoms with E-state index in [-0.39, 0.29) is 0 Å². The third-order valence-corrected chi connectivity index (χ3v) is 11.6. The number of fused-ring (bicyclic) bond motifs is 6. The van der Waals surface area contributed by atoms with Crippen molar-refractivity contribution in [1.29, 1.82) is 0 Å². The topological polar surface area (TPSA) is 8.17 Å². The molecule has 0 aliphatic carbocycles. The first kappa shape index (κ1) is 33.6. The van der Waals surface area contributed by atoms with Crippen molar-refractivity contribution in [3.8, 4) is 39.1 Å². The van der Waals surface area contributed by atoms with E-state index < -0.39 is 0 Å². The highest BCUT2D eigenvalue weighted by atomic mass is 15.1. The summed E-state index contributed by atoms with van der Waals surface area (Å²) >= 11 is 0. The second-order valence-corrected chi connectivity index (χ2v) is 14.9. The molecule has 58 heavy (non-hydrogen) atoms. The van der Waals surface area contributed by atoms with Crippen LogP contribution in [0.2, 0.25) is 0 Å². The molecule has 0 bridgehead atoms. The minimum absolute atomic E-state index is 1.08. The van der Waals surface area contributed by atoms with Crippen LogP contribution in [0, 0.1) is 0 Å². The van der Waals surface area contributed by atoms with Crippen LogP contribution in [0.1, 0.15) is 0 Å². The number of benzene rings is 10. The first-order chi connectivity index (χ1) is 28.8. The van der Waals surface area contributed by atoms with Gasteiger partial charge < -0.3 is 9.47 Å². The Morgan fingerprint density at radius 3 is 1.57 bits per heavy atom. The first-order valence-electron chi connectivity index (χ1n) is 19.9. The van der Waals surface area contributed by atoms with Crippen LogP contribution in [0.4, 0.5) is 17.1 Å². The van der Waals surface area contributed by atoms with Gasteiger partial charge in [-0.15, -0.1) is 0 Å². The molecule has 10 aromatic carbocycles. The van der Waals surface area contributed by atoms with Crippen LogP contribution in [-0.2, 0) is 0 Å². The van der Waals surface area contributed by atoms with E-state index in [2.05, 4.69) is 240 Å². The third-order valence-electron chi connectivity index (χ3n) is 11.6. The molecule has 2 nitrogen and oxygen atoms in total. The lowest BCUT2D eigenvalue weighted by Crippen LogP contribution is -2.11. The number of anilines is 3. The minimum Gasteiger partial charge on any atom is -0.310 e. The monoisotopic (exact) mass is 738 g/mol. The van der Waals surface area contributed by atoms with E-state index in [9.17, 15) is 0 Å². The summed E-state index contributed by atoms with van der Waals surface area (Å²) in [7, 11) is 0. The van der Waals surface area contributed by atoms with Crippen molar-refractivity contribution in [1.82, 2.24) is 4.57 Å². The molecule has 1 heterocycles. The summed E-state index contributed by atoms with van der Waals surface area (Å²) in [5, 5.41) is 7.45. The van der Waals surface area contributed by atoms with E-state index >= 15 is 0 Å². The van der Waals surface area contributed by atoms with E-state index in [0.717, 1.165) is 22.7 Å². The van der Waals surface area contributed by atoms with Gasteiger partial charge in [0, 0.05) is 38.8 Å². The number of nitrogens with zero attached hydrogens (tertiary/aromatic N) is 2. The third kappa shape index (κ3) is 5.74. The van der Waals surface area contributed by atoms with Crippen molar-refractivity contribution in [3.63, 3.8) is 0 Å². The molecule has 0 atom stereocenters. The van der Waals surface area contributed by atoms with Crippen LogP contribution in [0.3, 0.4) is 0 Å². The highest BCUT2D eigenvalue weighted by Crippen LogP contribution is 2.45. The van der Waals surface area contributed by atoms with Crippen LogP contribution in [-0.4, -0.2) is 4.57 Å². The van der Waals surface area contributed by atoms with Crippen LogP contribution in [0.15, 0.2) is 231 Å². The van der Waals surface area contributed by atoms with Gasteiger partial charge in [0.1, 0.15) is 0 Å². The Morgan fingerprint density at radius 2 is 0.845 bits per heavy atom. The average molecular weight is 739 g/mol. The lowest BCUT2D eigenvalue weighted by atomic mass is 9.93. The Balaban J connectivity index is 1.13. The van der Waals surface area contributed by atoms with Gasteiger partial charge in [0.25, 0.3) is 0 Å². The van der Waals surface area contributed by atoms with Gasteiger partial charge >= 0.3 is 0 Å².